The summed E-state index contributed by atoms with van der Waals surface area (Å²) in [5, 5.41) is 3.61. The molecule has 84 valence electrons. The molecule has 3 heteroatoms. The van der Waals surface area contributed by atoms with Gasteiger partial charge < -0.3 is 5.32 Å². The third-order valence-corrected chi connectivity index (χ3v) is 3.30. The lowest BCUT2D eigenvalue weighted by atomic mass is 10.0. The van der Waals surface area contributed by atoms with Crippen molar-refractivity contribution in [1.82, 2.24) is 10.2 Å². The molecule has 0 aromatic rings. The largest absolute Gasteiger partial charge is 0.311 e. The van der Waals surface area contributed by atoms with Gasteiger partial charge in [-0.25, -0.2) is 0 Å². The van der Waals surface area contributed by atoms with E-state index in [9.17, 15) is 0 Å². The van der Waals surface area contributed by atoms with E-state index in [4.69, 9.17) is 0 Å². The minimum absolute atomic E-state index is 0.727. The minimum Gasteiger partial charge on any atom is -0.311 e. The van der Waals surface area contributed by atoms with E-state index in [0.29, 0.717) is 0 Å². The molecule has 14 heavy (non-hydrogen) atoms. The lowest BCUT2D eigenvalue weighted by Gasteiger charge is -2.34. The zero-order chi connectivity index (χ0) is 10.4. The monoisotopic (exact) mass is 216 g/mol. The Morgan fingerprint density at radius 3 is 2.93 bits per heavy atom. The van der Waals surface area contributed by atoms with E-state index in [2.05, 4.69) is 30.3 Å². The molecule has 1 aliphatic heterocycles. The van der Waals surface area contributed by atoms with Gasteiger partial charge in [-0.15, -0.1) is 0 Å². The molecule has 1 atom stereocenters. The van der Waals surface area contributed by atoms with E-state index in [1.54, 1.807) is 0 Å². The highest BCUT2D eigenvalue weighted by Crippen LogP contribution is 2.09. The average molecular weight is 216 g/mol. The molecule has 0 bridgehead atoms. The van der Waals surface area contributed by atoms with Crippen molar-refractivity contribution in [2.24, 2.45) is 5.92 Å². The second kappa shape index (κ2) is 6.70. The average Bonchev–Trinajstić information content (AvgIpc) is 2.14. The number of nitrogens with zero attached hydrogens (tertiary/aromatic N) is 1. The third kappa shape index (κ3) is 4.67. The molecule has 1 saturated heterocycles. The maximum atomic E-state index is 3.61. The molecule has 1 aliphatic rings. The van der Waals surface area contributed by atoms with Gasteiger partial charge in [-0.3, -0.25) is 4.90 Å². The fraction of sp³-hybridized carbons (Fsp3) is 1.00. The first-order valence-corrected chi connectivity index (χ1v) is 7.06. The van der Waals surface area contributed by atoms with Crippen molar-refractivity contribution in [3.63, 3.8) is 0 Å². The zero-order valence-electron chi connectivity index (χ0n) is 9.75. The van der Waals surface area contributed by atoms with Gasteiger partial charge in [0.1, 0.15) is 0 Å². The van der Waals surface area contributed by atoms with Crippen LogP contribution in [0.3, 0.4) is 0 Å². The van der Waals surface area contributed by atoms with Crippen molar-refractivity contribution in [3.8, 4) is 0 Å². The Labute approximate surface area is 92.8 Å². The molecule has 1 unspecified atom stereocenters. The van der Waals surface area contributed by atoms with Crippen LogP contribution in [0.15, 0.2) is 0 Å². The van der Waals surface area contributed by atoms with Gasteiger partial charge in [0.15, 0.2) is 0 Å². The summed E-state index contributed by atoms with van der Waals surface area (Å²) < 4.78 is 0. The van der Waals surface area contributed by atoms with Gasteiger partial charge in [-0.2, -0.15) is 11.8 Å². The number of rotatable bonds is 5. The van der Waals surface area contributed by atoms with E-state index < -0.39 is 0 Å². The van der Waals surface area contributed by atoms with E-state index in [1.165, 1.54) is 38.4 Å². The van der Waals surface area contributed by atoms with Gasteiger partial charge in [0.2, 0.25) is 0 Å². The lowest BCUT2D eigenvalue weighted by Crippen LogP contribution is -2.51. The van der Waals surface area contributed by atoms with Gasteiger partial charge in [-0.1, -0.05) is 13.8 Å². The number of hydrogen-bond donors (Lipinski definition) is 1. The van der Waals surface area contributed by atoms with Crippen LogP contribution in [0.2, 0.25) is 0 Å². The molecule has 0 saturated carbocycles. The quantitative estimate of drug-likeness (QED) is 0.752. The predicted octanol–water partition coefficient (Wildman–Crippen LogP) is 1.67. The molecule has 0 amide bonds. The van der Waals surface area contributed by atoms with Gasteiger partial charge in [0.05, 0.1) is 0 Å². The van der Waals surface area contributed by atoms with E-state index in [0.717, 1.165) is 12.0 Å². The molecular formula is C11H24N2S. The van der Waals surface area contributed by atoms with Crippen LogP contribution in [0.1, 0.15) is 20.3 Å². The van der Waals surface area contributed by atoms with Crippen molar-refractivity contribution >= 4 is 11.8 Å². The minimum atomic E-state index is 0.727. The molecule has 1 fully saturated rings. The highest BCUT2D eigenvalue weighted by atomic mass is 32.2. The molecule has 1 heterocycles. The van der Waals surface area contributed by atoms with Gasteiger partial charge >= 0.3 is 0 Å². The van der Waals surface area contributed by atoms with Crippen molar-refractivity contribution in [3.05, 3.63) is 0 Å². The normalized spacial score (nSPS) is 24.4. The number of piperazine rings is 1. The van der Waals surface area contributed by atoms with Crippen molar-refractivity contribution in [2.45, 2.75) is 26.3 Å². The molecule has 0 spiro atoms. The fourth-order valence-corrected chi connectivity index (χ4v) is 2.49. The first-order valence-electron chi connectivity index (χ1n) is 5.67. The fourth-order valence-electron chi connectivity index (χ4n) is 2.04. The number of thioether (sulfide) groups is 1. The van der Waals surface area contributed by atoms with Crippen molar-refractivity contribution in [1.29, 1.82) is 0 Å². The Bertz CT molecular complexity index is 150. The summed E-state index contributed by atoms with van der Waals surface area (Å²) in [5.41, 5.74) is 0. The third-order valence-electron chi connectivity index (χ3n) is 2.71. The molecular weight excluding hydrogens is 192 g/mol. The Morgan fingerprint density at radius 1 is 1.50 bits per heavy atom. The maximum absolute atomic E-state index is 3.61. The molecule has 0 aromatic heterocycles. The second-order valence-electron chi connectivity index (χ2n) is 4.57. The topological polar surface area (TPSA) is 15.3 Å². The molecule has 0 aliphatic carbocycles. The van der Waals surface area contributed by atoms with Crippen LogP contribution in [-0.4, -0.2) is 49.1 Å². The summed E-state index contributed by atoms with van der Waals surface area (Å²) in [4.78, 5) is 2.60. The smallest absolute Gasteiger partial charge is 0.0198 e. The Hall–Kier alpha value is 0.270. The molecule has 0 radical (unpaired) electrons. The number of nitrogens with one attached hydrogen (secondary N) is 1. The highest BCUT2D eigenvalue weighted by Gasteiger charge is 2.19. The van der Waals surface area contributed by atoms with Crippen LogP contribution >= 0.6 is 11.8 Å². The summed E-state index contributed by atoms with van der Waals surface area (Å²) >= 11 is 1.95. The van der Waals surface area contributed by atoms with Crippen LogP contribution in [0.25, 0.3) is 0 Å². The van der Waals surface area contributed by atoms with Crippen LogP contribution in [0, 0.1) is 5.92 Å². The summed E-state index contributed by atoms with van der Waals surface area (Å²) in [5.74, 6) is 2.09. The standard InChI is InChI=1S/C11H24N2S/c1-10(2)8-11-9-13(5-4-12-11)6-7-14-3/h10-12H,4-9H2,1-3H3. The second-order valence-corrected chi connectivity index (χ2v) is 5.56. The first-order chi connectivity index (χ1) is 6.72. The van der Waals surface area contributed by atoms with Crippen LogP contribution in [0.5, 0.6) is 0 Å². The van der Waals surface area contributed by atoms with E-state index in [-0.39, 0.29) is 0 Å². The molecule has 0 aromatic carbocycles. The zero-order valence-corrected chi connectivity index (χ0v) is 10.6. The SMILES string of the molecule is CSCCN1CCNC(CC(C)C)C1. The van der Waals surface area contributed by atoms with E-state index in [1.807, 2.05) is 11.8 Å². The van der Waals surface area contributed by atoms with E-state index >= 15 is 0 Å². The van der Waals surface area contributed by atoms with Gasteiger partial charge in [0.25, 0.3) is 0 Å². The van der Waals surface area contributed by atoms with Crippen LogP contribution in [0.4, 0.5) is 0 Å². The van der Waals surface area contributed by atoms with Gasteiger partial charge in [-0.05, 0) is 18.6 Å². The Balaban J connectivity index is 2.21. The van der Waals surface area contributed by atoms with Gasteiger partial charge in [0, 0.05) is 38.0 Å². The van der Waals surface area contributed by atoms with Crippen molar-refractivity contribution in [2.75, 3.05) is 38.2 Å². The lowest BCUT2D eigenvalue weighted by molar-refractivity contribution is 0.196. The number of hydrogen-bond acceptors (Lipinski definition) is 3. The Kier molecular flexibility index (Phi) is 5.90. The van der Waals surface area contributed by atoms with Crippen LogP contribution < -0.4 is 5.32 Å². The molecule has 2 nitrogen and oxygen atoms in total. The summed E-state index contributed by atoms with van der Waals surface area (Å²) in [6.07, 6.45) is 3.50. The molecule has 1 N–H and O–H groups in total. The van der Waals surface area contributed by atoms with Crippen LogP contribution in [-0.2, 0) is 0 Å². The highest BCUT2D eigenvalue weighted by molar-refractivity contribution is 7.98. The summed E-state index contributed by atoms with van der Waals surface area (Å²) in [7, 11) is 0. The Morgan fingerprint density at radius 2 is 2.29 bits per heavy atom. The summed E-state index contributed by atoms with van der Waals surface area (Å²) in [6.45, 7) is 9.53. The predicted molar refractivity (Wildman–Crippen MR) is 66.1 cm³/mol. The summed E-state index contributed by atoms with van der Waals surface area (Å²) in [6, 6.07) is 0.727. The maximum Gasteiger partial charge on any atom is 0.0198 e. The molecule has 1 rings (SSSR count). The van der Waals surface area contributed by atoms with Crippen molar-refractivity contribution < 1.29 is 0 Å². The first kappa shape index (κ1) is 12.3.